The van der Waals surface area contributed by atoms with E-state index in [4.69, 9.17) is 9.47 Å². The van der Waals surface area contributed by atoms with Gasteiger partial charge in [0.15, 0.2) is 0 Å². The maximum absolute atomic E-state index is 9.61. The minimum atomic E-state index is -0.481. The zero-order valence-corrected chi connectivity index (χ0v) is 8.93. The van der Waals surface area contributed by atoms with E-state index in [1.807, 2.05) is 12.1 Å². The Morgan fingerprint density at radius 2 is 2.33 bits per heavy atom. The topological polar surface area (TPSA) is 51.6 Å². The van der Waals surface area contributed by atoms with Gasteiger partial charge in [-0.1, -0.05) is 6.07 Å². The number of aromatic nitrogens is 1. The summed E-state index contributed by atoms with van der Waals surface area (Å²) in [6.07, 6.45) is 3.55. The smallest absolute Gasteiger partial charge is 0.0814 e. The molecule has 15 heavy (non-hydrogen) atoms. The van der Waals surface area contributed by atoms with Crippen LogP contribution in [0.3, 0.4) is 0 Å². The molecule has 0 radical (unpaired) electrons. The fourth-order valence-corrected chi connectivity index (χ4v) is 1.21. The molecule has 0 fully saturated rings. The summed E-state index contributed by atoms with van der Waals surface area (Å²) < 4.78 is 10.0. The van der Waals surface area contributed by atoms with Crippen molar-refractivity contribution in [1.82, 2.24) is 4.98 Å². The van der Waals surface area contributed by atoms with Gasteiger partial charge in [0.05, 0.1) is 25.9 Å². The fraction of sp³-hybridized carbons (Fsp3) is 0.545. The molecule has 1 unspecified atom stereocenters. The van der Waals surface area contributed by atoms with E-state index in [-0.39, 0.29) is 0 Å². The van der Waals surface area contributed by atoms with Gasteiger partial charge in [-0.25, -0.2) is 0 Å². The molecule has 0 saturated heterocycles. The Labute approximate surface area is 89.9 Å². The molecule has 0 aliphatic rings. The lowest BCUT2D eigenvalue weighted by molar-refractivity contribution is 0.0137. The Kier molecular flexibility index (Phi) is 5.92. The van der Waals surface area contributed by atoms with Gasteiger partial charge >= 0.3 is 0 Å². The number of methoxy groups -OCH3 is 1. The third kappa shape index (κ3) is 5.47. The number of hydrogen-bond donors (Lipinski definition) is 1. The van der Waals surface area contributed by atoms with E-state index in [2.05, 4.69) is 4.98 Å². The highest BCUT2D eigenvalue weighted by molar-refractivity contribution is 5.09. The third-order valence-electron chi connectivity index (χ3n) is 1.94. The van der Waals surface area contributed by atoms with Crippen LogP contribution in [0.2, 0.25) is 0 Å². The second kappa shape index (κ2) is 7.34. The first-order valence-electron chi connectivity index (χ1n) is 4.96. The first-order chi connectivity index (χ1) is 7.33. The van der Waals surface area contributed by atoms with Crippen LogP contribution in [-0.4, -0.2) is 43.1 Å². The van der Waals surface area contributed by atoms with Gasteiger partial charge in [-0.3, -0.25) is 4.98 Å². The minimum absolute atomic E-state index is 0.332. The van der Waals surface area contributed by atoms with Crippen LogP contribution in [-0.2, 0) is 15.9 Å². The second-order valence-electron chi connectivity index (χ2n) is 3.29. The van der Waals surface area contributed by atoms with Crippen LogP contribution in [0.25, 0.3) is 0 Å². The van der Waals surface area contributed by atoms with Crippen molar-refractivity contribution in [3.8, 4) is 0 Å². The molecule has 4 heteroatoms. The quantitative estimate of drug-likeness (QED) is 0.673. The lowest BCUT2D eigenvalue weighted by Crippen LogP contribution is -2.19. The summed E-state index contributed by atoms with van der Waals surface area (Å²) in [7, 11) is 1.62. The molecule has 1 heterocycles. The second-order valence-corrected chi connectivity index (χ2v) is 3.29. The van der Waals surface area contributed by atoms with Gasteiger partial charge in [0.2, 0.25) is 0 Å². The maximum Gasteiger partial charge on any atom is 0.0814 e. The van der Waals surface area contributed by atoms with Crippen molar-refractivity contribution in [1.29, 1.82) is 0 Å². The molecule has 0 bridgehead atoms. The Balaban J connectivity index is 2.16. The number of aliphatic hydroxyl groups is 1. The van der Waals surface area contributed by atoms with Crippen molar-refractivity contribution in [3.05, 3.63) is 30.1 Å². The summed E-state index contributed by atoms with van der Waals surface area (Å²) in [6.45, 7) is 1.40. The number of rotatable bonds is 7. The molecule has 0 aliphatic carbocycles. The predicted molar refractivity (Wildman–Crippen MR) is 56.6 cm³/mol. The van der Waals surface area contributed by atoms with Crippen molar-refractivity contribution in [3.63, 3.8) is 0 Å². The predicted octanol–water partition coefficient (Wildman–Crippen LogP) is 0.648. The van der Waals surface area contributed by atoms with Crippen LogP contribution < -0.4 is 0 Å². The molecule has 0 aromatic carbocycles. The normalized spacial score (nSPS) is 12.7. The summed E-state index contributed by atoms with van der Waals surface area (Å²) in [5.74, 6) is 0. The first-order valence-corrected chi connectivity index (χ1v) is 4.96. The molecule has 1 aromatic heterocycles. The maximum atomic E-state index is 9.61. The average Bonchev–Trinajstić information content (AvgIpc) is 2.26. The zero-order valence-electron chi connectivity index (χ0n) is 8.93. The van der Waals surface area contributed by atoms with E-state index in [0.29, 0.717) is 26.2 Å². The van der Waals surface area contributed by atoms with Gasteiger partial charge in [0.25, 0.3) is 0 Å². The highest BCUT2D eigenvalue weighted by atomic mass is 16.5. The largest absolute Gasteiger partial charge is 0.390 e. The van der Waals surface area contributed by atoms with Crippen molar-refractivity contribution >= 4 is 0 Å². The van der Waals surface area contributed by atoms with Crippen molar-refractivity contribution in [2.75, 3.05) is 26.9 Å². The monoisotopic (exact) mass is 211 g/mol. The Bertz CT molecular complexity index is 253. The number of ether oxygens (including phenoxy) is 2. The van der Waals surface area contributed by atoms with E-state index < -0.39 is 6.10 Å². The summed E-state index contributed by atoms with van der Waals surface area (Å²) in [5.41, 5.74) is 1.01. The SMILES string of the molecule is COCCOCC(O)Cc1cccnc1. The average molecular weight is 211 g/mol. The summed E-state index contributed by atoms with van der Waals surface area (Å²) in [4.78, 5) is 3.98. The molecule has 84 valence electrons. The van der Waals surface area contributed by atoms with Gasteiger partial charge in [-0.05, 0) is 11.6 Å². The molecule has 1 atom stereocenters. The highest BCUT2D eigenvalue weighted by Gasteiger charge is 2.05. The summed E-state index contributed by atoms with van der Waals surface area (Å²) in [6, 6.07) is 3.79. The van der Waals surface area contributed by atoms with Crippen molar-refractivity contribution in [2.24, 2.45) is 0 Å². The zero-order chi connectivity index (χ0) is 10.9. The summed E-state index contributed by atoms with van der Waals surface area (Å²) in [5, 5.41) is 9.61. The molecule has 4 nitrogen and oxygen atoms in total. The lowest BCUT2D eigenvalue weighted by Gasteiger charge is -2.10. The van der Waals surface area contributed by atoms with Gasteiger partial charge in [-0.2, -0.15) is 0 Å². The van der Waals surface area contributed by atoms with Gasteiger partial charge < -0.3 is 14.6 Å². The van der Waals surface area contributed by atoms with E-state index >= 15 is 0 Å². The van der Waals surface area contributed by atoms with E-state index in [0.717, 1.165) is 5.56 Å². The van der Waals surface area contributed by atoms with Crippen LogP contribution >= 0.6 is 0 Å². The lowest BCUT2D eigenvalue weighted by atomic mass is 10.1. The van der Waals surface area contributed by atoms with Gasteiger partial charge in [0, 0.05) is 25.9 Å². The molecule has 1 rings (SSSR count). The van der Waals surface area contributed by atoms with E-state index in [9.17, 15) is 5.11 Å². The van der Waals surface area contributed by atoms with Crippen LogP contribution in [0, 0.1) is 0 Å². The van der Waals surface area contributed by atoms with Gasteiger partial charge in [0.1, 0.15) is 0 Å². The van der Waals surface area contributed by atoms with Gasteiger partial charge in [-0.15, -0.1) is 0 Å². The minimum Gasteiger partial charge on any atom is -0.390 e. The molecular formula is C11H17NO3. The molecular weight excluding hydrogens is 194 g/mol. The van der Waals surface area contributed by atoms with E-state index in [1.54, 1.807) is 19.5 Å². The van der Waals surface area contributed by atoms with Crippen molar-refractivity contribution < 1.29 is 14.6 Å². The molecule has 1 N–H and O–H groups in total. The number of nitrogens with zero attached hydrogens (tertiary/aromatic N) is 1. The molecule has 0 amide bonds. The van der Waals surface area contributed by atoms with Crippen LogP contribution in [0.4, 0.5) is 0 Å². The van der Waals surface area contributed by atoms with E-state index in [1.165, 1.54) is 0 Å². The molecule has 0 spiro atoms. The van der Waals surface area contributed by atoms with Crippen molar-refractivity contribution in [2.45, 2.75) is 12.5 Å². The Morgan fingerprint density at radius 3 is 3.00 bits per heavy atom. The molecule has 0 saturated carbocycles. The standard InChI is InChI=1S/C11H17NO3/c1-14-5-6-15-9-11(13)7-10-3-2-4-12-8-10/h2-4,8,11,13H,5-7,9H2,1H3. The number of aliphatic hydroxyl groups excluding tert-OH is 1. The Hall–Kier alpha value is -0.970. The molecule has 0 aliphatic heterocycles. The summed E-state index contributed by atoms with van der Waals surface area (Å²) >= 11 is 0. The fourth-order valence-electron chi connectivity index (χ4n) is 1.21. The third-order valence-corrected chi connectivity index (χ3v) is 1.94. The number of pyridine rings is 1. The first kappa shape index (κ1) is 12.1. The van der Waals surface area contributed by atoms with Crippen LogP contribution in [0.5, 0.6) is 0 Å². The molecule has 1 aromatic rings. The van der Waals surface area contributed by atoms with Crippen LogP contribution in [0.15, 0.2) is 24.5 Å². The van der Waals surface area contributed by atoms with Crippen LogP contribution in [0.1, 0.15) is 5.56 Å². The Morgan fingerprint density at radius 1 is 1.47 bits per heavy atom. The highest BCUT2D eigenvalue weighted by Crippen LogP contribution is 2.01. The number of hydrogen-bond acceptors (Lipinski definition) is 4.